The summed E-state index contributed by atoms with van der Waals surface area (Å²) in [5.41, 5.74) is 1.17. The molecular weight excluding hydrogens is 352 g/mol. The second-order valence-corrected chi connectivity index (χ2v) is 6.47. The fourth-order valence-electron chi connectivity index (χ4n) is 2.59. The third kappa shape index (κ3) is 6.14. The van der Waals surface area contributed by atoms with Crippen molar-refractivity contribution in [1.29, 1.82) is 0 Å². The first-order chi connectivity index (χ1) is 12.8. The minimum Gasteiger partial charge on any atom is -0.340 e. The van der Waals surface area contributed by atoms with Crippen LogP contribution in [0.25, 0.3) is 0 Å². The highest BCUT2D eigenvalue weighted by Crippen LogP contribution is 2.10. The second-order valence-electron chi connectivity index (χ2n) is 6.47. The number of nitrogens with one attached hydrogen (secondary N) is 1. The maximum Gasteiger partial charge on any atom is 0.239 e. The standard InChI is InChI=1S/C20H23F2N3O2/c1-14(20(27)25(3)12-15-5-4-6-17(22)11-15)24(2)13-19(26)23-18-9-7-16(21)8-10-18/h4-11,14H,12-13H2,1-3H3,(H,23,26)/t14-/m1/s1. The van der Waals surface area contributed by atoms with E-state index in [1.165, 1.54) is 41.3 Å². The van der Waals surface area contributed by atoms with Crippen molar-refractivity contribution in [2.45, 2.75) is 19.5 Å². The quantitative estimate of drug-likeness (QED) is 0.810. The first-order valence-electron chi connectivity index (χ1n) is 8.51. The van der Waals surface area contributed by atoms with Crippen LogP contribution in [-0.4, -0.2) is 48.3 Å². The summed E-state index contributed by atoms with van der Waals surface area (Å²) in [6.07, 6.45) is 0. The Hall–Kier alpha value is -2.80. The highest BCUT2D eigenvalue weighted by Gasteiger charge is 2.23. The lowest BCUT2D eigenvalue weighted by Gasteiger charge is -2.28. The Labute approximate surface area is 157 Å². The minimum atomic E-state index is -0.539. The van der Waals surface area contributed by atoms with Gasteiger partial charge in [-0.3, -0.25) is 14.5 Å². The number of hydrogen-bond donors (Lipinski definition) is 1. The summed E-state index contributed by atoms with van der Waals surface area (Å²) in [6, 6.07) is 11.0. The number of nitrogens with zero attached hydrogens (tertiary/aromatic N) is 2. The smallest absolute Gasteiger partial charge is 0.239 e. The van der Waals surface area contributed by atoms with Crippen molar-refractivity contribution in [2.24, 2.45) is 0 Å². The third-order valence-electron chi connectivity index (χ3n) is 4.22. The average molecular weight is 375 g/mol. The van der Waals surface area contributed by atoms with Crippen LogP contribution in [0.2, 0.25) is 0 Å². The monoisotopic (exact) mass is 375 g/mol. The predicted molar refractivity (Wildman–Crippen MR) is 100.0 cm³/mol. The van der Waals surface area contributed by atoms with Gasteiger partial charge in [0.25, 0.3) is 0 Å². The Kier molecular flexibility index (Phi) is 7.01. The van der Waals surface area contributed by atoms with Crippen molar-refractivity contribution in [3.05, 3.63) is 65.7 Å². The van der Waals surface area contributed by atoms with Gasteiger partial charge in [-0.15, -0.1) is 0 Å². The normalized spacial score (nSPS) is 11.9. The molecule has 2 aromatic carbocycles. The van der Waals surface area contributed by atoms with E-state index < -0.39 is 6.04 Å². The van der Waals surface area contributed by atoms with Crippen LogP contribution in [0, 0.1) is 11.6 Å². The molecule has 7 heteroatoms. The molecule has 0 aliphatic carbocycles. The minimum absolute atomic E-state index is 0.00190. The van der Waals surface area contributed by atoms with Gasteiger partial charge in [-0.2, -0.15) is 0 Å². The van der Waals surface area contributed by atoms with Crippen LogP contribution >= 0.6 is 0 Å². The number of halogens is 2. The SMILES string of the molecule is C[C@H](C(=O)N(C)Cc1cccc(F)c1)N(C)CC(=O)Nc1ccc(F)cc1. The Morgan fingerprint density at radius 1 is 1.04 bits per heavy atom. The Bertz CT molecular complexity index is 796. The van der Waals surface area contributed by atoms with E-state index in [0.717, 1.165) is 0 Å². The van der Waals surface area contributed by atoms with Crippen LogP contribution in [0.5, 0.6) is 0 Å². The summed E-state index contributed by atoms with van der Waals surface area (Å²) in [5.74, 6) is -1.23. The summed E-state index contributed by atoms with van der Waals surface area (Å²) in [5, 5.41) is 2.66. The fraction of sp³-hybridized carbons (Fsp3) is 0.300. The topological polar surface area (TPSA) is 52.7 Å². The summed E-state index contributed by atoms with van der Waals surface area (Å²) >= 11 is 0. The zero-order valence-electron chi connectivity index (χ0n) is 15.6. The van der Waals surface area contributed by atoms with Crippen LogP contribution in [0.4, 0.5) is 14.5 Å². The van der Waals surface area contributed by atoms with Gasteiger partial charge in [0.05, 0.1) is 12.6 Å². The van der Waals surface area contributed by atoms with Crippen molar-refractivity contribution < 1.29 is 18.4 Å². The number of carbonyl (C=O) groups is 2. The molecule has 0 unspecified atom stereocenters. The van der Waals surface area contributed by atoms with E-state index in [1.807, 2.05) is 0 Å². The van der Waals surface area contributed by atoms with Crippen molar-refractivity contribution in [3.63, 3.8) is 0 Å². The number of amides is 2. The molecule has 0 saturated heterocycles. The van der Waals surface area contributed by atoms with Crippen molar-refractivity contribution in [2.75, 3.05) is 26.0 Å². The molecule has 0 fully saturated rings. The molecule has 0 spiro atoms. The van der Waals surface area contributed by atoms with Crippen LogP contribution in [0.3, 0.4) is 0 Å². The molecule has 0 radical (unpaired) electrons. The van der Waals surface area contributed by atoms with Gasteiger partial charge in [-0.05, 0) is 55.9 Å². The van der Waals surface area contributed by atoms with Gasteiger partial charge in [-0.25, -0.2) is 8.78 Å². The molecule has 27 heavy (non-hydrogen) atoms. The van der Waals surface area contributed by atoms with E-state index in [-0.39, 0.29) is 36.5 Å². The number of hydrogen-bond acceptors (Lipinski definition) is 3. The van der Waals surface area contributed by atoms with Gasteiger partial charge >= 0.3 is 0 Å². The zero-order chi connectivity index (χ0) is 20.0. The van der Waals surface area contributed by atoms with Crippen LogP contribution < -0.4 is 5.32 Å². The second kappa shape index (κ2) is 9.23. The van der Waals surface area contributed by atoms with Gasteiger partial charge in [0.15, 0.2) is 0 Å². The summed E-state index contributed by atoms with van der Waals surface area (Å²) in [4.78, 5) is 27.8. The van der Waals surface area contributed by atoms with Gasteiger partial charge in [0, 0.05) is 19.3 Å². The Morgan fingerprint density at radius 3 is 2.33 bits per heavy atom. The molecule has 0 bridgehead atoms. The van der Waals surface area contributed by atoms with Crippen molar-refractivity contribution in [1.82, 2.24) is 9.80 Å². The highest BCUT2D eigenvalue weighted by molar-refractivity contribution is 5.92. The number of carbonyl (C=O) groups excluding carboxylic acids is 2. The lowest BCUT2D eigenvalue weighted by molar-refractivity contribution is -0.135. The highest BCUT2D eigenvalue weighted by atomic mass is 19.1. The van der Waals surface area contributed by atoms with E-state index in [9.17, 15) is 18.4 Å². The molecule has 1 N–H and O–H groups in total. The van der Waals surface area contributed by atoms with Crippen molar-refractivity contribution >= 4 is 17.5 Å². The first kappa shape index (κ1) is 20.5. The molecule has 2 amide bonds. The van der Waals surface area contributed by atoms with E-state index >= 15 is 0 Å². The Balaban J connectivity index is 1.88. The molecular formula is C20H23F2N3O2. The number of rotatable bonds is 7. The maximum atomic E-state index is 13.3. The zero-order valence-corrected chi connectivity index (χ0v) is 15.6. The van der Waals surface area contributed by atoms with E-state index in [2.05, 4.69) is 5.32 Å². The van der Waals surface area contributed by atoms with Gasteiger partial charge in [0.1, 0.15) is 11.6 Å². The summed E-state index contributed by atoms with van der Waals surface area (Å²) in [7, 11) is 3.30. The summed E-state index contributed by atoms with van der Waals surface area (Å²) < 4.78 is 26.2. The molecule has 2 rings (SSSR count). The molecule has 0 aliphatic rings. The molecule has 5 nitrogen and oxygen atoms in total. The van der Waals surface area contributed by atoms with E-state index in [4.69, 9.17) is 0 Å². The van der Waals surface area contributed by atoms with Gasteiger partial charge in [-0.1, -0.05) is 12.1 Å². The molecule has 144 valence electrons. The van der Waals surface area contributed by atoms with Crippen LogP contribution in [0.15, 0.2) is 48.5 Å². The molecule has 2 aromatic rings. The van der Waals surface area contributed by atoms with Gasteiger partial charge in [0.2, 0.25) is 11.8 Å². The number of likely N-dealkylation sites (N-methyl/N-ethyl adjacent to an activating group) is 2. The first-order valence-corrected chi connectivity index (χ1v) is 8.51. The fourth-order valence-corrected chi connectivity index (χ4v) is 2.59. The number of benzene rings is 2. The molecule has 0 saturated carbocycles. The van der Waals surface area contributed by atoms with Crippen LogP contribution in [-0.2, 0) is 16.1 Å². The van der Waals surface area contributed by atoms with E-state index in [0.29, 0.717) is 11.3 Å². The lowest BCUT2D eigenvalue weighted by atomic mass is 10.2. The third-order valence-corrected chi connectivity index (χ3v) is 4.22. The predicted octanol–water partition coefficient (Wildman–Crippen LogP) is 2.88. The summed E-state index contributed by atoms with van der Waals surface area (Å²) in [6.45, 7) is 1.98. The van der Waals surface area contributed by atoms with Crippen LogP contribution in [0.1, 0.15) is 12.5 Å². The van der Waals surface area contributed by atoms with Gasteiger partial charge < -0.3 is 10.2 Å². The average Bonchev–Trinajstić information content (AvgIpc) is 2.62. The molecule has 1 atom stereocenters. The molecule has 0 heterocycles. The van der Waals surface area contributed by atoms with Crippen molar-refractivity contribution in [3.8, 4) is 0 Å². The lowest BCUT2D eigenvalue weighted by Crippen LogP contribution is -2.46. The Morgan fingerprint density at radius 2 is 1.70 bits per heavy atom. The maximum absolute atomic E-state index is 13.3. The molecule has 0 aliphatic heterocycles. The number of anilines is 1. The molecule has 0 aromatic heterocycles. The largest absolute Gasteiger partial charge is 0.340 e. The van der Waals surface area contributed by atoms with E-state index in [1.54, 1.807) is 38.1 Å².